The molecule has 2 rings (SSSR count). The van der Waals surface area contributed by atoms with Crippen molar-refractivity contribution in [3.63, 3.8) is 0 Å². The summed E-state index contributed by atoms with van der Waals surface area (Å²) in [5, 5.41) is 8.57. The van der Waals surface area contributed by atoms with Gasteiger partial charge >= 0.3 is 11.7 Å². The van der Waals surface area contributed by atoms with Crippen molar-refractivity contribution in [1.82, 2.24) is 9.97 Å². The van der Waals surface area contributed by atoms with Gasteiger partial charge in [0.1, 0.15) is 0 Å². The number of imidazole rings is 1. The second-order valence-electron chi connectivity index (χ2n) is 3.91. The zero-order valence-corrected chi connectivity index (χ0v) is 9.27. The number of H-pyrrole nitrogens is 2. The number of rotatable bonds is 4. The lowest BCUT2D eigenvalue weighted by molar-refractivity contribution is -0.137. The fourth-order valence-electron chi connectivity index (χ4n) is 1.68. The number of aromatic nitrogens is 2. The highest BCUT2D eigenvalue weighted by Crippen LogP contribution is 2.12. The molecule has 0 radical (unpaired) electrons. The first-order valence-electron chi connectivity index (χ1n) is 5.21. The molecule has 1 atom stereocenters. The fourth-order valence-corrected chi connectivity index (χ4v) is 1.68. The van der Waals surface area contributed by atoms with Crippen LogP contribution in [0.5, 0.6) is 0 Å². The van der Waals surface area contributed by atoms with Crippen molar-refractivity contribution in [2.24, 2.45) is 5.73 Å². The molecule has 0 aliphatic heterocycles. The van der Waals surface area contributed by atoms with Crippen LogP contribution in [0.25, 0.3) is 11.0 Å². The number of ketones is 1. The lowest BCUT2D eigenvalue weighted by Gasteiger charge is -2.07. The van der Waals surface area contributed by atoms with Gasteiger partial charge in [0.15, 0.2) is 5.78 Å². The van der Waals surface area contributed by atoms with Crippen molar-refractivity contribution < 1.29 is 14.7 Å². The highest BCUT2D eigenvalue weighted by atomic mass is 16.4. The number of carboxylic acid groups (broad SMARTS) is 1. The molecule has 7 heteroatoms. The number of benzene rings is 1. The molecule has 0 saturated heterocycles. The molecule has 0 aliphatic carbocycles. The minimum Gasteiger partial charge on any atom is -0.481 e. The smallest absolute Gasteiger partial charge is 0.323 e. The summed E-state index contributed by atoms with van der Waals surface area (Å²) in [5.41, 5.74) is 6.44. The molecule has 1 aromatic heterocycles. The summed E-state index contributed by atoms with van der Waals surface area (Å²) >= 11 is 0. The van der Waals surface area contributed by atoms with E-state index in [1.54, 1.807) is 6.07 Å². The van der Waals surface area contributed by atoms with E-state index in [-0.39, 0.29) is 11.3 Å². The van der Waals surface area contributed by atoms with Crippen LogP contribution in [-0.4, -0.2) is 32.9 Å². The zero-order chi connectivity index (χ0) is 13.3. The predicted octanol–water partition coefficient (Wildman–Crippen LogP) is -0.159. The summed E-state index contributed by atoms with van der Waals surface area (Å²) in [7, 11) is 0. The number of hydrogen-bond donors (Lipinski definition) is 4. The summed E-state index contributed by atoms with van der Waals surface area (Å²) in [5.74, 6) is -1.60. The highest BCUT2D eigenvalue weighted by molar-refractivity contribution is 6.03. The largest absolute Gasteiger partial charge is 0.481 e. The van der Waals surface area contributed by atoms with Crippen LogP contribution in [0, 0.1) is 0 Å². The Hall–Kier alpha value is -2.41. The maximum absolute atomic E-state index is 11.8. The number of aromatic amines is 2. The van der Waals surface area contributed by atoms with Crippen LogP contribution in [-0.2, 0) is 4.79 Å². The van der Waals surface area contributed by atoms with E-state index in [0.29, 0.717) is 11.0 Å². The zero-order valence-electron chi connectivity index (χ0n) is 9.27. The minimum absolute atomic E-state index is 0.270. The van der Waals surface area contributed by atoms with Gasteiger partial charge in [0.05, 0.1) is 23.5 Å². The molecule has 2 aromatic rings. The van der Waals surface area contributed by atoms with E-state index in [0.717, 1.165) is 0 Å². The van der Waals surface area contributed by atoms with Crippen LogP contribution in [0.3, 0.4) is 0 Å². The SMILES string of the molecule is NC(CC(=O)O)C(=O)c1ccc2[nH]c(=O)[nH]c2c1. The Morgan fingerprint density at radius 2 is 1.94 bits per heavy atom. The molecule has 0 bridgehead atoms. The molecule has 0 aliphatic rings. The van der Waals surface area contributed by atoms with Crippen molar-refractivity contribution in [1.29, 1.82) is 0 Å². The fraction of sp³-hybridized carbons (Fsp3) is 0.182. The first-order chi connectivity index (χ1) is 8.47. The van der Waals surface area contributed by atoms with Gasteiger partial charge in [0.25, 0.3) is 0 Å². The van der Waals surface area contributed by atoms with Crippen LogP contribution >= 0.6 is 0 Å². The Morgan fingerprint density at radius 1 is 1.28 bits per heavy atom. The van der Waals surface area contributed by atoms with Crippen molar-refractivity contribution in [2.75, 3.05) is 0 Å². The monoisotopic (exact) mass is 249 g/mol. The van der Waals surface area contributed by atoms with Crippen LogP contribution < -0.4 is 11.4 Å². The van der Waals surface area contributed by atoms with Gasteiger partial charge in [-0.05, 0) is 18.2 Å². The topological polar surface area (TPSA) is 129 Å². The molecule has 7 nitrogen and oxygen atoms in total. The average Bonchev–Trinajstić information content (AvgIpc) is 2.65. The van der Waals surface area contributed by atoms with E-state index in [1.165, 1.54) is 12.1 Å². The van der Waals surface area contributed by atoms with Crippen molar-refractivity contribution >= 4 is 22.8 Å². The summed E-state index contributed by atoms with van der Waals surface area (Å²) in [6.45, 7) is 0. The molecule has 0 fully saturated rings. The molecule has 1 aromatic carbocycles. The van der Waals surface area contributed by atoms with E-state index < -0.39 is 24.2 Å². The van der Waals surface area contributed by atoms with Crippen molar-refractivity contribution in [2.45, 2.75) is 12.5 Å². The number of carboxylic acids is 1. The Balaban J connectivity index is 2.32. The number of nitrogens with one attached hydrogen (secondary N) is 2. The van der Waals surface area contributed by atoms with Crippen LogP contribution in [0.1, 0.15) is 16.8 Å². The highest BCUT2D eigenvalue weighted by Gasteiger charge is 2.19. The van der Waals surface area contributed by atoms with Gasteiger partial charge in [-0.15, -0.1) is 0 Å². The third-order valence-corrected chi connectivity index (χ3v) is 2.53. The molecule has 1 unspecified atom stereocenters. The summed E-state index contributed by atoms with van der Waals surface area (Å²) in [6.07, 6.45) is -0.430. The Bertz CT molecular complexity index is 670. The third kappa shape index (κ3) is 2.30. The molecule has 0 amide bonds. The second kappa shape index (κ2) is 4.46. The Kier molecular flexibility index (Phi) is 2.99. The standard InChI is InChI=1S/C11H11N3O4/c12-6(4-9(15)16)10(17)5-1-2-7-8(3-5)14-11(18)13-7/h1-3,6H,4,12H2,(H,15,16)(H2,13,14,18). The van der Waals surface area contributed by atoms with Gasteiger partial charge in [-0.3, -0.25) is 9.59 Å². The quantitative estimate of drug-likeness (QED) is 0.559. The number of hydrogen-bond acceptors (Lipinski definition) is 4. The summed E-state index contributed by atoms with van der Waals surface area (Å²) in [4.78, 5) is 38.4. The number of carbonyl (C=O) groups excluding carboxylic acids is 1. The Morgan fingerprint density at radius 3 is 2.61 bits per heavy atom. The normalized spacial score (nSPS) is 12.5. The van der Waals surface area contributed by atoms with Crippen molar-refractivity contribution in [3.05, 3.63) is 34.2 Å². The summed E-state index contributed by atoms with van der Waals surface area (Å²) in [6, 6.07) is 3.44. The molecule has 18 heavy (non-hydrogen) atoms. The average molecular weight is 249 g/mol. The van der Waals surface area contributed by atoms with Gasteiger partial charge < -0.3 is 20.8 Å². The molecule has 5 N–H and O–H groups in total. The lowest BCUT2D eigenvalue weighted by atomic mass is 10.0. The third-order valence-electron chi connectivity index (χ3n) is 2.53. The van der Waals surface area contributed by atoms with E-state index in [9.17, 15) is 14.4 Å². The molecule has 0 saturated carbocycles. The van der Waals surface area contributed by atoms with Gasteiger partial charge in [0, 0.05) is 5.56 Å². The van der Waals surface area contributed by atoms with E-state index in [1.807, 2.05) is 0 Å². The lowest BCUT2D eigenvalue weighted by Crippen LogP contribution is -2.32. The van der Waals surface area contributed by atoms with E-state index in [2.05, 4.69) is 9.97 Å². The maximum Gasteiger partial charge on any atom is 0.323 e. The number of Topliss-reactive ketones (excluding diaryl/α,β-unsaturated/α-hetero) is 1. The second-order valence-corrected chi connectivity index (χ2v) is 3.91. The molecule has 0 spiro atoms. The molecule has 1 heterocycles. The van der Waals surface area contributed by atoms with E-state index in [4.69, 9.17) is 10.8 Å². The number of fused-ring (bicyclic) bond motifs is 1. The van der Waals surface area contributed by atoms with Crippen LogP contribution in [0.15, 0.2) is 23.0 Å². The van der Waals surface area contributed by atoms with Gasteiger partial charge in [-0.1, -0.05) is 0 Å². The number of carbonyl (C=O) groups is 2. The summed E-state index contributed by atoms with van der Waals surface area (Å²) < 4.78 is 0. The minimum atomic E-state index is -1.13. The van der Waals surface area contributed by atoms with Crippen molar-refractivity contribution in [3.8, 4) is 0 Å². The van der Waals surface area contributed by atoms with Crippen LogP contribution in [0.2, 0.25) is 0 Å². The molecule has 94 valence electrons. The maximum atomic E-state index is 11.8. The van der Waals surface area contributed by atoms with Gasteiger partial charge in [-0.25, -0.2) is 4.79 Å². The molecular formula is C11H11N3O4. The first kappa shape index (κ1) is 12.1. The van der Waals surface area contributed by atoms with E-state index >= 15 is 0 Å². The number of aliphatic carboxylic acids is 1. The molecular weight excluding hydrogens is 238 g/mol. The van der Waals surface area contributed by atoms with Crippen LogP contribution in [0.4, 0.5) is 0 Å². The Labute approximate surface area is 101 Å². The number of nitrogens with two attached hydrogens (primary N) is 1. The predicted molar refractivity (Wildman–Crippen MR) is 63.5 cm³/mol. The first-order valence-corrected chi connectivity index (χ1v) is 5.21. The van der Waals surface area contributed by atoms with Gasteiger partial charge in [0.2, 0.25) is 0 Å². The van der Waals surface area contributed by atoms with Gasteiger partial charge in [-0.2, -0.15) is 0 Å².